The summed E-state index contributed by atoms with van der Waals surface area (Å²) >= 11 is 0. The Labute approximate surface area is 65.7 Å². The zero-order valence-corrected chi connectivity index (χ0v) is 5.80. The molecule has 1 unspecified atom stereocenters. The molecule has 70 valence electrons. The maximum atomic E-state index is 11.5. The van der Waals surface area contributed by atoms with E-state index in [2.05, 4.69) is 14.2 Å². The van der Waals surface area contributed by atoms with Gasteiger partial charge in [0.15, 0.2) is 5.76 Å². The molecular weight excluding hydrogens is 179 g/mol. The van der Waals surface area contributed by atoms with Gasteiger partial charge in [0, 0.05) is 0 Å². The van der Waals surface area contributed by atoms with E-state index < -0.39 is 18.5 Å². The Morgan fingerprint density at radius 3 is 2.67 bits per heavy atom. The monoisotopic (exact) mass is 185 g/mol. The molecule has 1 atom stereocenters. The maximum Gasteiger partial charge on any atom is 0.572 e. The minimum Gasteiger partial charge on any atom is -0.456 e. The Morgan fingerprint density at radius 2 is 2.25 bits per heavy atom. The van der Waals surface area contributed by atoms with Crippen LogP contribution in [0.25, 0.3) is 0 Å². The normalized spacial score (nSPS) is 24.3. The smallest absolute Gasteiger partial charge is 0.456 e. The third kappa shape index (κ3) is 2.97. The van der Waals surface area contributed by atoms with Crippen LogP contribution in [0.5, 0.6) is 0 Å². The molecule has 12 heavy (non-hydrogen) atoms. The summed E-state index contributed by atoms with van der Waals surface area (Å²) < 4.78 is 47.0. The van der Waals surface area contributed by atoms with Gasteiger partial charge in [-0.15, -0.1) is 13.2 Å². The highest BCUT2D eigenvalue weighted by Crippen LogP contribution is 2.22. The average Bonchev–Trinajstić information content (AvgIpc) is 1.91. The summed E-state index contributed by atoms with van der Waals surface area (Å²) in [4.78, 5) is 0. The molecule has 0 aromatic heterocycles. The second-order valence-electron chi connectivity index (χ2n) is 1.95. The molecule has 0 aromatic rings. The van der Waals surface area contributed by atoms with Crippen LogP contribution < -0.4 is 5.73 Å². The molecule has 0 spiro atoms. The van der Waals surface area contributed by atoms with Gasteiger partial charge in [0.05, 0.1) is 0 Å². The zero-order chi connectivity index (χ0) is 9.19. The van der Waals surface area contributed by atoms with Crippen molar-refractivity contribution in [3.8, 4) is 0 Å². The first-order valence-electron chi connectivity index (χ1n) is 2.95. The van der Waals surface area contributed by atoms with Gasteiger partial charge < -0.3 is 14.2 Å². The van der Waals surface area contributed by atoms with Crippen LogP contribution in [-0.4, -0.2) is 19.4 Å². The predicted molar refractivity (Wildman–Crippen MR) is 30.2 cm³/mol. The van der Waals surface area contributed by atoms with Crippen molar-refractivity contribution < 1.29 is 27.4 Å². The van der Waals surface area contributed by atoms with E-state index in [4.69, 9.17) is 5.73 Å². The third-order valence-electron chi connectivity index (χ3n) is 0.970. The third-order valence-corrected chi connectivity index (χ3v) is 0.970. The van der Waals surface area contributed by atoms with Crippen molar-refractivity contribution >= 4 is 0 Å². The molecule has 0 radical (unpaired) electrons. The standard InChI is InChI=1S/C5H6F3NO3/c6-5(7,8)12-3-1-10-4(9)11-2-3/h1,4H,2,9H2. The van der Waals surface area contributed by atoms with Crippen molar-refractivity contribution in [1.29, 1.82) is 0 Å². The molecular formula is C5H6F3NO3. The van der Waals surface area contributed by atoms with Gasteiger partial charge in [-0.05, 0) is 0 Å². The molecule has 0 amide bonds. The molecule has 2 N–H and O–H groups in total. The molecule has 0 saturated heterocycles. The van der Waals surface area contributed by atoms with E-state index in [1.165, 1.54) is 0 Å². The lowest BCUT2D eigenvalue weighted by atomic mass is 10.5. The lowest BCUT2D eigenvalue weighted by Gasteiger charge is -2.20. The Bertz CT molecular complexity index is 191. The SMILES string of the molecule is NC1OC=C(OC(F)(F)F)CO1. The van der Waals surface area contributed by atoms with Crippen LogP contribution in [0.1, 0.15) is 0 Å². The highest BCUT2D eigenvalue weighted by atomic mass is 19.4. The quantitative estimate of drug-likeness (QED) is 0.651. The predicted octanol–water partition coefficient (Wildman–Crippen LogP) is 0.653. The van der Waals surface area contributed by atoms with Crippen molar-refractivity contribution in [1.82, 2.24) is 0 Å². The summed E-state index contributed by atoms with van der Waals surface area (Å²) in [7, 11) is 0. The molecule has 0 aliphatic carbocycles. The van der Waals surface area contributed by atoms with Gasteiger partial charge in [-0.1, -0.05) is 0 Å². The second-order valence-corrected chi connectivity index (χ2v) is 1.95. The minimum atomic E-state index is -4.72. The number of rotatable bonds is 1. The van der Waals surface area contributed by atoms with E-state index in [0.29, 0.717) is 0 Å². The number of hydrogen-bond donors (Lipinski definition) is 1. The highest BCUT2D eigenvalue weighted by Gasteiger charge is 2.33. The molecule has 4 nitrogen and oxygen atoms in total. The molecule has 0 fully saturated rings. The number of halogens is 3. The van der Waals surface area contributed by atoms with Gasteiger partial charge in [-0.2, -0.15) is 0 Å². The first kappa shape index (κ1) is 9.14. The van der Waals surface area contributed by atoms with E-state index in [0.717, 1.165) is 6.26 Å². The van der Waals surface area contributed by atoms with E-state index in [-0.39, 0.29) is 6.61 Å². The lowest BCUT2D eigenvalue weighted by Crippen LogP contribution is -2.31. The molecule has 0 aromatic carbocycles. The average molecular weight is 185 g/mol. The Balaban J connectivity index is 2.44. The summed E-state index contributed by atoms with van der Waals surface area (Å²) in [5, 5.41) is 0. The van der Waals surface area contributed by atoms with Crippen molar-refractivity contribution in [3.05, 3.63) is 12.0 Å². The van der Waals surface area contributed by atoms with Crippen molar-refractivity contribution in [2.75, 3.05) is 6.61 Å². The fraction of sp³-hybridized carbons (Fsp3) is 0.600. The Morgan fingerprint density at radius 1 is 1.58 bits per heavy atom. The van der Waals surface area contributed by atoms with Crippen LogP contribution in [0, 0.1) is 0 Å². The number of nitrogens with two attached hydrogens (primary N) is 1. The fourth-order valence-corrected chi connectivity index (χ4v) is 0.583. The topological polar surface area (TPSA) is 53.7 Å². The van der Waals surface area contributed by atoms with Crippen LogP contribution in [-0.2, 0) is 14.2 Å². The van der Waals surface area contributed by atoms with Crippen LogP contribution in [0.2, 0.25) is 0 Å². The molecule has 1 aliphatic rings. The van der Waals surface area contributed by atoms with E-state index >= 15 is 0 Å². The van der Waals surface area contributed by atoms with E-state index in [9.17, 15) is 13.2 Å². The maximum absolute atomic E-state index is 11.5. The van der Waals surface area contributed by atoms with Crippen LogP contribution >= 0.6 is 0 Å². The number of hydrogen-bond acceptors (Lipinski definition) is 4. The second kappa shape index (κ2) is 3.20. The van der Waals surface area contributed by atoms with Gasteiger partial charge in [-0.25, -0.2) is 0 Å². The largest absolute Gasteiger partial charge is 0.572 e. The van der Waals surface area contributed by atoms with Gasteiger partial charge in [0.1, 0.15) is 12.9 Å². The summed E-state index contributed by atoms with van der Waals surface area (Å²) in [5.41, 5.74) is 5.03. The molecule has 7 heteroatoms. The number of alkyl halides is 3. The van der Waals surface area contributed by atoms with Gasteiger partial charge in [0.2, 0.25) is 0 Å². The molecule has 0 saturated carbocycles. The van der Waals surface area contributed by atoms with Crippen LogP contribution in [0.15, 0.2) is 12.0 Å². The summed E-state index contributed by atoms with van der Waals surface area (Å²) in [6.07, 6.45) is -4.97. The fourth-order valence-electron chi connectivity index (χ4n) is 0.583. The minimum absolute atomic E-state index is 0.347. The zero-order valence-electron chi connectivity index (χ0n) is 5.80. The van der Waals surface area contributed by atoms with Gasteiger partial charge >= 0.3 is 6.36 Å². The summed E-state index contributed by atoms with van der Waals surface area (Å²) in [6, 6.07) is 0. The lowest BCUT2D eigenvalue weighted by molar-refractivity contribution is -0.314. The molecule has 1 aliphatic heterocycles. The summed E-state index contributed by atoms with van der Waals surface area (Å²) in [6.45, 7) is -0.347. The number of ether oxygens (including phenoxy) is 3. The molecule has 1 rings (SSSR count). The Kier molecular flexibility index (Phi) is 2.43. The first-order valence-corrected chi connectivity index (χ1v) is 2.95. The van der Waals surface area contributed by atoms with Crippen LogP contribution in [0.4, 0.5) is 13.2 Å². The van der Waals surface area contributed by atoms with Gasteiger partial charge in [0.25, 0.3) is 6.41 Å². The first-order chi connectivity index (χ1) is 5.47. The summed E-state index contributed by atoms with van der Waals surface area (Å²) in [5.74, 6) is -0.454. The highest BCUT2D eigenvalue weighted by molar-refractivity contribution is 4.90. The van der Waals surface area contributed by atoms with E-state index in [1.54, 1.807) is 0 Å². The van der Waals surface area contributed by atoms with Crippen molar-refractivity contribution in [2.24, 2.45) is 5.73 Å². The van der Waals surface area contributed by atoms with E-state index in [1.807, 2.05) is 0 Å². The van der Waals surface area contributed by atoms with Gasteiger partial charge in [-0.3, -0.25) is 5.73 Å². The molecule has 0 bridgehead atoms. The Hall–Kier alpha value is -0.950. The molecule has 1 heterocycles. The van der Waals surface area contributed by atoms with Crippen molar-refractivity contribution in [2.45, 2.75) is 12.8 Å². The van der Waals surface area contributed by atoms with Crippen molar-refractivity contribution in [3.63, 3.8) is 0 Å². The van der Waals surface area contributed by atoms with Crippen LogP contribution in [0.3, 0.4) is 0 Å².